The number of benzene rings is 2. The largest absolute Gasteiger partial charge is 0.322 e. The van der Waals surface area contributed by atoms with E-state index in [2.05, 4.69) is 5.32 Å². The molecule has 1 N–H and O–H groups in total. The molecular formula is C18H20ClFN2O3S. The molecule has 5 nitrogen and oxygen atoms in total. The number of carbonyl (C=O) groups is 1. The number of aryl methyl sites for hydroxylation is 1. The monoisotopic (exact) mass is 398 g/mol. The van der Waals surface area contributed by atoms with Crippen molar-refractivity contribution in [2.24, 2.45) is 0 Å². The minimum absolute atomic E-state index is 0.0660. The molecule has 140 valence electrons. The third-order valence-corrected chi connectivity index (χ3v) is 6.48. The summed E-state index contributed by atoms with van der Waals surface area (Å²) in [5.41, 5.74) is 0.822. The zero-order valence-corrected chi connectivity index (χ0v) is 16.3. The van der Waals surface area contributed by atoms with Crippen LogP contribution in [0.15, 0.2) is 41.3 Å². The number of halogens is 2. The lowest BCUT2D eigenvalue weighted by Gasteiger charge is -2.19. The van der Waals surface area contributed by atoms with E-state index < -0.39 is 21.7 Å². The normalized spacial score (nSPS) is 11.6. The maximum atomic E-state index is 13.6. The van der Waals surface area contributed by atoms with Crippen LogP contribution in [-0.2, 0) is 10.0 Å². The molecule has 0 spiro atoms. The third kappa shape index (κ3) is 4.23. The highest BCUT2D eigenvalue weighted by Crippen LogP contribution is 2.28. The summed E-state index contributed by atoms with van der Waals surface area (Å²) in [7, 11) is -3.78. The van der Waals surface area contributed by atoms with Crippen LogP contribution in [0.2, 0.25) is 5.02 Å². The van der Waals surface area contributed by atoms with Gasteiger partial charge in [0, 0.05) is 24.3 Å². The number of sulfonamides is 1. The van der Waals surface area contributed by atoms with Crippen molar-refractivity contribution >= 4 is 33.2 Å². The van der Waals surface area contributed by atoms with Crippen molar-refractivity contribution in [3.05, 3.63) is 58.4 Å². The Kier molecular flexibility index (Phi) is 6.39. The molecule has 0 radical (unpaired) electrons. The van der Waals surface area contributed by atoms with Crippen LogP contribution in [0.3, 0.4) is 0 Å². The zero-order valence-electron chi connectivity index (χ0n) is 14.7. The summed E-state index contributed by atoms with van der Waals surface area (Å²) in [5, 5.41) is 2.64. The molecule has 0 unspecified atom stereocenters. The summed E-state index contributed by atoms with van der Waals surface area (Å²) >= 11 is 6.06. The molecule has 2 rings (SSSR count). The SMILES string of the molecule is CCN(CC)S(=O)(=O)c1cc(NC(=O)c2ccc(C)c(F)c2)ccc1Cl. The number of hydrogen-bond acceptors (Lipinski definition) is 3. The van der Waals surface area contributed by atoms with Gasteiger partial charge in [-0.2, -0.15) is 4.31 Å². The molecule has 0 aliphatic rings. The minimum atomic E-state index is -3.78. The first-order chi connectivity index (χ1) is 12.2. The van der Waals surface area contributed by atoms with E-state index in [1.54, 1.807) is 20.8 Å². The number of nitrogens with one attached hydrogen (secondary N) is 1. The Bertz CT molecular complexity index is 928. The summed E-state index contributed by atoms with van der Waals surface area (Å²) in [6, 6.07) is 8.33. The number of carbonyl (C=O) groups excluding carboxylic acids is 1. The van der Waals surface area contributed by atoms with E-state index in [1.807, 2.05) is 0 Å². The molecule has 1 amide bonds. The van der Waals surface area contributed by atoms with Gasteiger partial charge in [0.1, 0.15) is 10.7 Å². The number of nitrogens with zero attached hydrogens (tertiary/aromatic N) is 1. The highest BCUT2D eigenvalue weighted by atomic mass is 35.5. The molecule has 0 saturated carbocycles. The van der Waals surface area contributed by atoms with Gasteiger partial charge in [-0.05, 0) is 42.8 Å². The average molecular weight is 399 g/mol. The van der Waals surface area contributed by atoms with Crippen LogP contribution >= 0.6 is 11.6 Å². The molecule has 0 aliphatic heterocycles. The Labute approximate surface area is 157 Å². The van der Waals surface area contributed by atoms with Crippen LogP contribution in [0, 0.1) is 12.7 Å². The molecule has 0 fully saturated rings. The van der Waals surface area contributed by atoms with Gasteiger partial charge in [-0.15, -0.1) is 0 Å². The van der Waals surface area contributed by atoms with Crippen molar-refractivity contribution in [3.8, 4) is 0 Å². The molecule has 0 saturated heterocycles. The van der Waals surface area contributed by atoms with Gasteiger partial charge >= 0.3 is 0 Å². The molecule has 26 heavy (non-hydrogen) atoms. The Morgan fingerprint density at radius 2 is 1.81 bits per heavy atom. The van der Waals surface area contributed by atoms with Gasteiger partial charge in [0.2, 0.25) is 10.0 Å². The van der Waals surface area contributed by atoms with Gasteiger partial charge in [-0.1, -0.05) is 31.5 Å². The van der Waals surface area contributed by atoms with E-state index in [-0.39, 0.29) is 21.2 Å². The first kappa shape index (κ1) is 20.4. The van der Waals surface area contributed by atoms with E-state index in [0.29, 0.717) is 18.7 Å². The highest BCUT2D eigenvalue weighted by Gasteiger charge is 2.25. The van der Waals surface area contributed by atoms with Crippen molar-refractivity contribution in [3.63, 3.8) is 0 Å². The van der Waals surface area contributed by atoms with Gasteiger partial charge in [-0.25, -0.2) is 12.8 Å². The van der Waals surface area contributed by atoms with Crippen molar-refractivity contribution < 1.29 is 17.6 Å². The summed E-state index contributed by atoms with van der Waals surface area (Å²) in [6.45, 7) is 5.66. The molecule has 8 heteroatoms. The standard InChI is InChI=1S/C18H20ClFN2O3S/c1-4-22(5-2)26(24,25)17-11-14(8-9-15(17)19)21-18(23)13-7-6-12(3)16(20)10-13/h6-11H,4-5H2,1-3H3,(H,21,23). The zero-order chi connectivity index (χ0) is 19.5. The molecule has 2 aromatic rings. The van der Waals surface area contributed by atoms with E-state index in [1.165, 1.54) is 34.6 Å². The summed E-state index contributed by atoms with van der Waals surface area (Å²) in [5.74, 6) is -1.03. The van der Waals surface area contributed by atoms with Crippen LogP contribution in [0.5, 0.6) is 0 Å². The van der Waals surface area contributed by atoms with Crippen LogP contribution in [0.4, 0.5) is 10.1 Å². The van der Waals surface area contributed by atoms with Gasteiger partial charge in [0.15, 0.2) is 0 Å². The minimum Gasteiger partial charge on any atom is -0.322 e. The Balaban J connectivity index is 2.35. The Hall–Kier alpha value is -1.96. The molecular weight excluding hydrogens is 379 g/mol. The third-order valence-electron chi connectivity index (χ3n) is 3.95. The van der Waals surface area contributed by atoms with Crippen molar-refractivity contribution in [1.82, 2.24) is 4.31 Å². The van der Waals surface area contributed by atoms with Crippen LogP contribution < -0.4 is 5.32 Å². The molecule has 0 heterocycles. The van der Waals surface area contributed by atoms with Gasteiger partial charge in [-0.3, -0.25) is 4.79 Å². The Morgan fingerprint density at radius 1 is 1.15 bits per heavy atom. The van der Waals surface area contributed by atoms with Gasteiger partial charge in [0.05, 0.1) is 5.02 Å². The first-order valence-corrected chi connectivity index (χ1v) is 9.89. The fraction of sp³-hybridized carbons (Fsp3) is 0.278. The lowest BCUT2D eigenvalue weighted by molar-refractivity contribution is 0.102. The van der Waals surface area contributed by atoms with Gasteiger partial charge < -0.3 is 5.32 Å². The second kappa shape index (κ2) is 8.16. The summed E-state index contributed by atoms with van der Waals surface area (Å²) in [6.07, 6.45) is 0. The average Bonchev–Trinajstić information content (AvgIpc) is 2.59. The predicted octanol–water partition coefficient (Wildman–Crippen LogP) is 4.07. The number of hydrogen-bond donors (Lipinski definition) is 1. The second-order valence-corrected chi connectivity index (χ2v) is 7.97. The lowest BCUT2D eigenvalue weighted by Crippen LogP contribution is -2.30. The summed E-state index contributed by atoms with van der Waals surface area (Å²) < 4.78 is 40.3. The lowest BCUT2D eigenvalue weighted by atomic mass is 10.1. The molecule has 2 aromatic carbocycles. The first-order valence-electron chi connectivity index (χ1n) is 8.07. The maximum absolute atomic E-state index is 13.6. The van der Waals surface area contributed by atoms with Crippen LogP contribution in [0.25, 0.3) is 0 Å². The van der Waals surface area contributed by atoms with E-state index >= 15 is 0 Å². The van der Waals surface area contributed by atoms with Crippen molar-refractivity contribution in [2.75, 3.05) is 18.4 Å². The van der Waals surface area contributed by atoms with E-state index in [0.717, 1.165) is 6.07 Å². The fourth-order valence-corrected chi connectivity index (χ4v) is 4.38. The fourth-order valence-electron chi connectivity index (χ4n) is 2.42. The highest BCUT2D eigenvalue weighted by molar-refractivity contribution is 7.89. The van der Waals surface area contributed by atoms with Gasteiger partial charge in [0.25, 0.3) is 5.91 Å². The smallest absolute Gasteiger partial charge is 0.255 e. The van der Waals surface area contributed by atoms with Crippen LogP contribution in [0.1, 0.15) is 29.8 Å². The van der Waals surface area contributed by atoms with E-state index in [4.69, 9.17) is 11.6 Å². The number of amides is 1. The maximum Gasteiger partial charge on any atom is 0.255 e. The van der Waals surface area contributed by atoms with Crippen LogP contribution in [-0.4, -0.2) is 31.7 Å². The predicted molar refractivity (Wildman–Crippen MR) is 101 cm³/mol. The molecule has 0 aromatic heterocycles. The quantitative estimate of drug-likeness (QED) is 0.797. The number of rotatable bonds is 6. The summed E-state index contributed by atoms with van der Waals surface area (Å²) in [4.78, 5) is 12.2. The van der Waals surface area contributed by atoms with Crippen molar-refractivity contribution in [2.45, 2.75) is 25.7 Å². The number of anilines is 1. The second-order valence-electron chi connectivity index (χ2n) is 5.65. The van der Waals surface area contributed by atoms with Crippen molar-refractivity contribution in [1.29, 1.82) is 0 Å². The van der Waals surface area contributed by atoms with E-state index in [9.17, 15) is 17.6 Å². The topological polar surface area (TPSA) is 66.5 Å². The molecule has 0 bridgehead atoms. The molecule has 0 atom stereocenters. The Morgan fingerprint density at radius 3 is 2.38 bits per heavy atom. The molecule has 0 aliphatic carbocycles.